The third kappa shape index (κ3) is 9.31. The molecule has 2 aromatic heterocycles. The molecular formula is C33H42N8O4S2. The van der Waals surface area contributed by atoms with Crippen LogP contribution in [-0.2, 0) is 26.8 Å². The lowest BCUT2D eigenvalue weighted by Crippen LogP contribution is -2.48. The second kappa shape index (κ2) is 15.3. The summed E-state index contributed by atoms with van der Waals surface area (Å²) >= 11 is 1.34. The molecule has 0 spiro atoms. The maximum absolute atomic E-state index is 13.3. The predicted molar refractivity (Wildman–Crippen MR) is 185 cm³/mol. The number of benzene rings is 2. The average molecular weight is 679 g/mol. The number of anilines is 3. The van der Waals surface area contributed by atoms with E-state index in [1.165, 1.54) is 18.7 Å². The summed E-state index contributed by atoms with van der Waals surface area (Å²) in [6.07, 6.45) is 0.278. The number of hydrogen-bond donors (Lipinski definition) is 2. The van der Waals surface area contributed by atoms with Crippen molar-refractivity contribution in [3.63, 3.8) is 0 Å². The molecule has 5 rings (SSSR count). The predicted octanol–water partition coefficient (Wildman–Crippen LogP) is 4.20. The number of likely N-dealkylation sites (N-methyl/N-ethyl adjacent to an activating group) is 1. The van der Waals surface area contributed by atoms with E-state index in [4.69, 9.17) is 14.7 Å². The molecule has 1 aliphatic heterocycles. The molecule has 0 atom stereocenters. The lowest BCUT2D eigenvalue weighted by atomic mass is 10.1. The van der Waals surface area contributed by atoms with Crippen LogP contribution in [0.3, 0.4) is 0 Å². The van der Waals surface area contributed by atoms with E-state index in [9.17, 15) is 13.2 Å². The zero-order valence-corrected chi connectivity index (χ0v) is 29.1. The van der Waals surface area contributed by atoms with Gasteiger partial charge < -0.3 is 19.9 Å². The molecule has 0 amide bonds. The fourth-order valence-corrected chi connectivity index (χ4v) is 7.41. The molecule has 0 unspecified atom stereocenters. The van der Waals surface area contributed by atoms with Crippen molar-refractivity contribution >= 4 is 44.8 Å². The number of methoxy groups -OCH3 is 1. The number of nitrogens with zero attached hydrogens (tertiary/aromatic N) is 6. The highest BCUT2D eigenvalue weighted by molar-refractivity contribution is 7.99. The highest BCUT2D eigenvalue weighted by Crippen LogP contribution is 2.38. The van der Waals surface area contributed by atoms with Crippen LogP contribution in [-0.4, -0.2) is 105 Å². The Hall–Kier alpha value is -3.98. The molecule has 0 aliphatic carbocycles. The Balaban J connectivity index is 1.37. The number of nitrogens with one attached hydrogen (secondary N) is 2. The summed E-state index contributed by atoms with van der Waals surface area (Å²) in [5.74, 6) is 2.21. The molecule has 12 nitrogen and oxygen atoms in total. The van der Waals surface area contributed by atoms with Crippen molar-refractivity contribution in [3.8, 4) is 5.75 Å². The van der Waals surface area contributed by atoms with Crippen LogP contribution in [0.1, 0.15) is 23.7 Å². The van der Waals surface area contributed by atoms with Crippen LogP contribution < -0.4 is 15.0 Å². The summed E-state index contributed by atoms with van der Waals surface area (Å²) in [5, 5.41) is 11.0. The Labute approximate surface area is 280 Å². The summed E-state index contributed by atoms with van der Waals surface area (Å²) in [6, 6.07) is 15.8. The van der Waals surface area contributed by atoms with Crippen LogP contribution in [0.5, 0.6) is 5.75 Å². The molecule has 2 aromatic carbocycles. The number of rotatable bonds is 14. The van der Waals surface area contributed by atoms with Gasteiger partial charge in [0.2, 0.25) is 5.75 Å². The van der Waals surface area contributed by atoms with Gasteiger partial charge in [0.05, 0.1) is 17.8 Å². The van der Waals surface area contributed by atoms with Gasteiger partial charge in [-0.3, -0.25) is 14.8 Å². The molecule has 250 valence electrons. The molecule has 2 N–H and O–H groups in total. The van der Waals surface area contributed by atoms with E-state index in [2.05, 4.69) is 44.3 Å². The van der Waals surface area contributed by atoms with Gasteiger partial charge in [0.1, 0.15) is 5.78 Å². The van der Waals surface area contributed by atoms with Crippen molar-refractivity contribution in [2.75, 3.05) is 70.7 Å². The normalized spacial score (nSPS) is 14.0. The quantitative estimate of drug-likeness (QED) is 0.185. The SMILES string of the molecule is COc1c(Nc2cc(C)[nH]n2)nc(Sc2ccc(S(=O)(=O)Cc3cccc(CC(C)=O)c3)cc2)nc1N1CCN(CCN(C)C)CC1. The molecule has 1 saturated heterocycles. The van der Waals surface area contributed by atoms with Crippen molar-refractivity contribution in [1.29, 1.82) is 0 Å². The van der Waals surface area contributed by atoms with Crippen molar-refractivity contribution in [3.05, 3.63) is 71.4 Å². The first kappa shape index (κ1) is 34.4. The summed E-state index contributed by atoms with van der Waals surface area (Å²) in [6.45, 7) is 8.84. The fraction of sp³-hybridized carbons (Fsp3) is 0.394. The van der Waals surface area contributed by atoms with Gasteiger partial charge >= 0.3 is 0 Å². The van der Waals surface area contributed by atoms with E-state index in [0.717, 1.165) is 55.4 Å². The molecule has 4 aromatic rings. The van der Waals surface area contributed by atoms with Gasteiger partial charge in [-0.2, -0.15) is 5.10 Å². The van der Waals surface area contributed by atoms with E-state index in [0.29, 0.717) is 33.9 Å². The van der Waals surface area contributed by atoms with Crippen LogP contribution in [0.4, 0.5) is 17.5 Å². The Kier molecular flexibility index (Phi) is 11.2. The molecule has 47 heavy (non-hydrogen) atoms. The third-order valence-electron chi connectivity index (χ3n) is 7.71. The van der Waals surface area contributed by atoms with Crippen LogP contribution in [0, 0.1) is 6.92 Å². The van der Waals surface area contributed by atoms with E-state index >= 15 is 0 Å². The highest BCUT2D eigenvalue weighted by Gasteiger charge is 2.25. The lowest BCUT2D eigenvalue weighted by molar-refractivity contribution is -0.116. The molecule has 0 radical (unpaired) electrons. The number of aromatic nitrogens is 4. The molecule has 0 bridgehead atoms. The number of aromatic amines is 1. The van der Waals surface area contributed by atoms with E-state index in [1.807, 2.05) is 19.1 Å². The van der Waals surface area contributed by atoms with Gasteiger partial charge in [-0.25, -0.2) is 18.4 Å². The summed E-state index contributed by atoms with van der Waals surface area (Å²) in [5.41, 5.74) is 2.35. The van der Waals surface area contributed by atoms with Gasteiger partial charge in [0.25, 0.3) is 0 Å². The van der Waals surface area contributed by atoms with Crippen LogP contribution in [0.15, 0.2) is 69.5 Å². The fourth-order valence-electron chi connectivity index (χ4n) is 5.32. The summed E-state index contributed by atoms with van der Waals surface area (Å²) in [4.78, 5) is 29.1. The first-order valence-electron chi connectivity index (χ1n) is 15.4. The van der Waals surface area contributed by atoms with E-state index in [-0.39, 0.29) is 22.9 Å². The van der Waals surface area contributed by atoms with Crippen molar-refractivity contribution in [2.24, 2.45) is 0 Å². The Morgan fingerprint density at radius 1 is 1.04 bits per heavy atom. The molecule has 14 heteroatoms. The molecular weight excluding hydrogens is 637 g/mol. The summed E-state index contributed by atoms with van der Waals surface area (Å²) < 4.78 is 32.4. The van der Waals surface area contributed by atoms with Gasteiger partial charge in [0, 0.05) is 62.3 Å². The van der Waals surface area contributed by atoms with E-state index in [1.54, 1.807) is 49.6 Å². The maximum atomic E-state index is 13.3. The second-order valence-electron chi connectivity index (χ2n) is 11.9. The minimum Gasteiger partial charge on any atom is -0.490 e. The third-order valence-corrected chi connectivity index (χ3v) is 10.3. The van der Waals surface area contributed by atoms with Gasteiger partial charge in [-0.05, 0) is 75.1 Å². The molecule has 0 saturated carbocycles. The number of piperazine rings is 1. The second-order valence-corrected chi connectivity index (χ2v) is 15.0. The monoisotopic (exact) mass is 678 g/mol. The molecule has 3 heterocycles. The Morgan fingerprint density at radius 2 is 1.77 bits per heavy atom. The number of ether oxygens (including phenoxy) is 1. The molecule has 1 fully saturated rings. The molecule has 1 aliphatic rings. The topological polar surface area (TPSA) is 137 Å². The Bertz CT molecular complexity index is 1790. The standard InChI is InChI=1S/C33H42N8O4S2/c1-23-19-29(38-37-23)34-31-30(45-5)32(41-17-15-40(16-18-41)14-13-39(3)4)36-33(35-31)46-27-9-11-28(12-10-27)47(43,44)22-26-8-6-7-25(21-26)20-24(2)42/h6-12,19,21H,13-18,20,22H2,1-5H3,(H2,34,35,36,37,38). The van der Waals surface area contributed by atoms with Gasteiger partial charge in [-0.15, -0.1) is 0 Å². The lowest BCUT2D eigenvalue weighted by Gasteiger charge is -2.36. The van der Waals surface area contributed by atoms with Crippen molar-refractivity contribution in [1.82, 2.24) is 30.0 Å². The summed E-state index contributed by atoms with van der Waals surface area (Å²) in [7, 11) is 2.18. The van der Waals surface area contributed by atoms with Crippen LogP contribution >= 0.6 is 11.8 Å². The van der Waals surface area contributed by atoms with Gasteiger partial charge in [0.15, 0.2) is 32.4 Å². The van der Waals surface area contributed by atoms with E-state index < -0.39 is 9.84 Å². The highest BCUT2D eigenvalue weighted by atomic mass is 32.2. The van der Waals surface area contributed by atoms with Crippen molar-refractivity contribution < 1.29 is 17.9 Å². The number of ketones is 1. The number of Topliss-reactive ketones (excluding diaryl/α,β-unsaturated/α-hetero) is 1. The van der Waals surface area contributed by atoms with Crippen LogP contribution in [0.2, 0.25) is 0 Å². The number of hydrogen-bond acceptors (Lipinski definition) is 12. The number of H-pyrrole nitrogens is 1. The van der Waals surface area contributed by atoms with Gasteiger partial charge in [-0.1, -0.05) is 24.3 Å². The largest absolute Gasteiger partial charge is 0.490 e. The smallest absolute Gasteiger partial charge is 0.204 e. The zero-order chi connectivity index (χ0) is 33.6. The first-order valence-corrected chi connectivity index (χ1v) is 17.9. The Morgan fingerprint density at radius 3 is 2.40 bits per heavy atom. The number of aryl methyl sites for hydroxylation is 1. The maximum Gasteiger partial charge on any atom is 0.204 e. The first-order chi connectivity index (χ1) is 22.5. The minimum absolute atomic E-state index is 0.0309. The zero-order valence-electron chi connectivity index (χ0n) is 27.5. The van der Waals surface area contributed by atoms with Crippen molar-refractivity contribution in [2.45, 2.75) is 41.0 Å². The number of carbonyl (C=O) groups excluding carboxylic acids is 1. The number of carbonyl (C=O) groups is 1. The van der Waals surface area contributed by atoms with Crippen LogP contribution in [0.25, 0.3) is 0 Å². The minimum atomic E-state index is -3.61. The average Bonchev–Trinajstić information content (AvgIpc) is 3.44. The number of sulfone groups is 1.